The maximum Gasteiger partial charge on any atom is 0.106 e. The fraction of sp³-hybridized carbons (Fsp3) is 0.562. The van der Waals surface area contributed by atoms with Crippen molar-refractivity contribution in [2.45, 2.75) is 39.2 Å². The fourth-order valence-corrected chi connectivity index (χ4v) is 2.97. The molecule has 1 aliphatic rings. The van der Waals surface area contributed by atoms with Crippen LogP contribution in [0.4, 0.5) is 0 Å². The molecule has 0 bridgehead atoms. The van der Waals surface area contributed by atoms with E-state index in [0.29, 0.717) is 6.04 Å². The first-order chi connectivity index (χ1) is 10.2. The molecule has 0 atom stereocenters. The predicted molar refractivity (Wildman–Crippen MR) is 82.8 cm³/mol. The van der Waals surface area contributed by atoms with Gasteiger partial charge in [0.25, 0.3) is 0 Å². The van der Waals surface area contributed by atoms with Crippen molar-refractivity contribution in [2.75, 3.05) is 13.1 Å². The van der Waals surface area contributed by atoms with Crippen molar-refractivity contribution in [3.05, 3.63) is 30.4 Å². The zero-order valence-corrected chi connectivity index (χ0v) is 12.8. The van der Waals surface area contributed by atoms with Crippen LogP contribution in [-0.2, 0) is 6.42 Å². The van der Waals surface area contributed by atoms with Gasteiger partial charge in [-0.1, -0.05) is 0 Å². The number of likely N-dealkylation sites (tertiary alicyclic amines) is 1. The molecule has 0 radical (unpaired) electrons. The molecule has 5 nitrogen and oxygen atoms in total. The number of aromatic amines is 1. The van der Waals surface area contributed by atoms with Crippen LogP contribution in [0.1, 0.15) is 32.4 Å². The van der Waals surface area contributed by atoms with Gasteiger partial charge in [0.1, 0.15) is 5.69 Å². The van der Waals surface area contributed by atoms with Gasteiger partial charge in [-0.3, -0.25) is 15.1 Å². The quantitative estimate of drug-likeness (QED) is 0.938. The van der Waals surface area contributed by atoms with Gasteiger partial charge in [-0.25, -0.2) is 0 Å². The lowest BCUT2D eigenvalue weighted by Crippen LogP contribution is -2.38. The average Bonchev–Trinajstić information content (AvgIpc) is 3.03. The van der Waals surface area contributed by atoms with E-state index in [1.54, 1.807) is 6.20 Å². The van der Waals surface area contributed by atoms with Crippen LogP contribution in [0.3, 0.4) is 0 Å². The largest absolute Gasteiger partial charge is 0.301 e. The minimum absolute atomic E-state index is 0.666. The maximum absolute atomic E-state index is 4.56. The molecule has 1 aliphatic heterocycles. The Balaban J connectivity index is 1.57. The van der Waals surface area contributed by atoms with Gasteiger partial charge in [0.15, 0.2) is 0 Å². The second kappa shape index (κ2) is 6.35. The van der Waals surface area contributed by atoms with E-state index in [1.165, 1.54) is 25.9 Å². The monoisotopic (exact) mass is 285 g/mol. The van der Waals surface area contributed by atoms with Gasteiger partial charge in [-0.2, -0.15) is 5.10 Å². The molecule has 21 heavy (non-hydrogen) atoms. The number of hydrogen-bond donors (Lipinski definition) is 1. The minimum Gasteiger partial charge on any atom is -0.301 e. The topological polar surface area (TPSA) is 57.7 Å². The van der Waals surface area contributed by atoms with Crippen molar-refractivity contribution in [1.82, 2.24) is 25.1 Å². The Morgan fingerprint density at radius 3 is 2.62 bits per heavy atom. The Morgan fingerprint density at radius 1 is 1.24 bits per heavy atom. The first kappa shape index (κ1) is 14.2. The predicted octanol–water partition coefficient (Wildman–Crippen LogP) is 2.53. The van der Waals surface area contributed by atoms with Crippen LogP contribution in [0, 0.1) is 5.92 Å². The van der Waals surface area contributed by atoms with E-state index < -0.39 is 0 Å². The van der Waals surface area contributed by atoms with Crippen LogP contribution < -0.4 is 0 Å². The summed E-state index contributed by atoms with van der Waals surface area (Å²) >= 11 is 0. The third-order valence-corrected chi connectivity index (χ3v) is 4.36. The van der Waals surface area contributed by atoms with E-state index in [1.807, 2.05) is 18.5 Å². The van der Waals surface area contributed by atoms with E-state index in [0.717, 1.165) is 29.4 Å². The molecule has 112 valence electrons. The summed E-state index contributed by atoms with van der Waals surface area (Å²) in [6.07, 6.45) is 9.05. The molecular formula is C16H23N5. The van der Waals surface area contributed by atoms with E-state index in [2.05, 4.69) is 38.9 Å². The van der Waals surface area contributed by atoms with Gasteiger partial charge in [-0.05, 0) is 58.2 Å². The summed E-state index contributed by atoms with van der Waals surface area (Å²) in [4.78, 5) is 11.6. The molecule has 2 aromatic heterocycles. The Bertz CT molecular complexity index is 539. The SMILES string of the molecule is CC(C)N1CCC(Cc2cnc(-c3ccn[nH]3)cn2)CC1. The number of hydrogen-bond acceptors (Lipinski definition) is 4. The van der Waals surface area contributed by atoms with Crippen LogP contribution in [0.15, 0.2) is 24.7 Å². The molecule has 0 saturated carbocycles. The summed E-state index contributed by atoms with van der Waals surface area (Å²) in [7, 11) is 0. The van der Waals surface area contributed by atoms with E-state index >= 15 is 0 Å². The van der Waals surface area contributed by atoms with Crippen LogP contribution in [0.5, 0.6) is 0 Å². The number of nitrogens with zero attached hydrogens (tertiary/aromatic N) is 4. The molecule has 2 aromatic rings. The van der Waals surface area contributed by atoms with Gasteiger partial charge in [0, 0.05) is 18.4 Å². The van der Waals surface area contributed by atoms with Gasteiger partial charge in [0.2, 0.25) is 0 Å². The van der Waals surface area contributed by atoms with Crippen molar-refractivity contribution in [3.63, 3.8) is 0 Å². The highest BCUT2D eigenvalue weighted by atomic mass is 15.1. The molecule has 0 spiro atoms. The van der Waals surface area contributed by atoms with Crippen molar-refractivity contribution in [3.8, 4) is 11.4 Å². The first-order valence-electron chi connectivity index (χ1n) is 7.77. The summed E-state index contributed by atoms with van der Waals surface area (Å²) in [5, 5.41) is 6.85. The smallest absolute Gasteiger partial charge is 0.106 e. The molecule has 1 saturated heterocycles. The second-order valence-corrected chi connectivity index (χ2v) is 6.14. The standard InChI is InChI=1S/C16H23N5/c1-12(2)21-7-4-13(5-8-21)9-14-10-18-16(11-17-14)15-3-6-19-20-15/h3,6,10-13H,4-5,7-9H2,1-2H3,(H,19,20). The van der Waals surface area contributed by atoms with Crippen molar-refractivity contribution in [1.29, 1.82) is 0 Å². The first-order valence-corrected chi connectivity index (χ1v) is 7.77. The molecule has 3 rings (SSSR count). The summed E-state index contributed by atoms with van der Waals surface area (Å²) in [5.41, 5.74) is 2.87. The van der Waals surface area contributed by atoms with Crippen molar-refractivity contribution >= 4 is 0 Å². The lowest BCUT2D eigenvalue weighted by Gasteiger charge is -2.34. The Morgan fingerprint density at radius 2 is 2.05 bits per heavy atom. The van der Waals surface area contributed by atoms with Crippen LogP contribution in [-0.4, -0.2) is 44.2 Å². The maximum atomic E-state index is 4.56. The van der Waals surface area contributed by atoms with Gasteiger partial charge in [-0.15, -0.1) is 0 Å². The molecule has 1 N–H and O–H groups in total. The molecule has 5 heteroatoms. The fourth-order valence-electron chi connectivity index (χ4n) is 2.97. The Hall–Kier alpha value is -1.75. The zero-order valence-electron chi connectivity index (χ0n) is 12.8. The second-order valence-electron chi connectivity index (χ2n) is 6.14. The van der Waals surface area contributed by atoms with Gasteiger partial charge in [0.05, 0.1) is 17.6 Å². The zero-order chi connectivity index (χ0) is 14.7. The highest BCUT2D eigenvalue weighted by Gasteiger charge is 2.21. The van der Waals surface area contributed by atoms with E-state index in [-0.39, 0.29) is 0 Å². The normalized spacial score (nSPS) is 17.5. The Kier molecular flexibility index (Phi) is 4.29. The van der Waals surface area contributed by atoms with Crippen molar-refractivity contribution < 1.29 is 0 Å². The molecule has 0 aromatic carbocycles. The summed E-state index contributed by atoms with van der Waals surface area (Å²) < 4.78 is 0. The third-order valence-electron chi connectivity index (χ3n) is 4.36. The summed E-state index contributed by atoms with van der Waals surface area (Å²) in [6.45, 7) is 6.98. The van der Waals surface area contributed by atoms with Crippen LogP contribution in [0.25, 0.3) is 11.4 Å². The molecule has 0 aliphatic carbocycles. The number of rotatable bonds is 4. The number of piperidine rings is 1. The van der Waals surface area contributed by atoms with E-state index in [9.17, 15) is 0 Å². The summed E-state index contributed by atoms with van der Waals surface area (Å²) in [6, 6.07) is 2.57. The molecule has 1 fully saturated rings. The van der Waals surface area contributed by atoms with Crippen molar-refractivity contribution in [2.24, 2.45) is 5.92 Å². The van der Waals surface area contributed by atoms with E-state index in [4.69, 9.17) is 0 Å². The highest BCUT2D eigenvalue weighted by Crippen LogP contribution is 2.22. The van der Waals surface area contributed by atoms with Gasteiger partial charge < -0.3 is 4.90 Å². The van der Waals surface area contributed by atoms with Crippen LogP contribution in [0.2, 0.25) is 0 Å². The Labute approximate surface area is 125 Å². The average molecular weight is 285 g/mol. The number of aromatic nitrogens is 4. The lowest BCUT2D eigenvalue weighted by atomic mass is 9.92. The molecular weight excluding hydrogens is 262 g/mol. The molecule has 3 heterocycles. The molecule has 0 unspecified atom stereocenters. The minimum atomic E-state index is 0.666. The number of H-pyrrole nitrogens is 1. The molecule has 0 amide bonds. The lowest BCUT2D eigenvalue weighted by molar-refractivity contribution is 0.149. The highest BCUT2D eigenvalue weighted by molar-refractivity contribution is 5.51. The third kappa shape index (κ3) is 3.47. The van der Waals surface area contributed by atoms with Crippen LogP contribution >= 0.6 is 0 Å². The summed E-state index contributed by atoms with van der Waals surface area (Å²) in [5.74, 6) is 0.743. The number of nitrogens with one attached hydrogen (secondary N) is 1. The van der Waals surface area contributed by atoms with Gasteiger partial charge >= 0.3 is 0 Å².